The fraction of sp³-hybridized carbons (Fsp3) is 0.875. The molecule has 5 heteroatoms. The van der Waals surface area contributed by atoms with E-state index < -0.39 is 5.97 Å². The van der Waals surface area contributed by atoms with Crippen LogP contribution in [0, 0.1) is 0 Å². The summed E-state index contributed by atoms with van der Waals surface area (Å²) in [6, 6.07) is 0.625. The molecule has 0 saturated carbocycles. The molecule has 21 heavy (non-hydrogen) atoms. The smallest absolute Gasteiger partial charge is 0.303 e. The summed E-state index contributed by atoms with van der Waals surface area (Å²) in [5.41, 5.74) is 0. The Bertz CT molecular complexity index is 347. The summed E-state index contributed by atoms with van der Waals surface area (Å²) in [4.78, 5) is 27.4. The van der Waals surface area contributed by atoms with Crippen LogP contribution in [0.15, 0.2) is 0 Å². The van der Waals surface area contributed by atoms with Crippen LogP contribution in [0.1, 0.15) is 59.8 Å². The van der Waals surface area contributed by atoms with Crippen LogP contribution in [0.4, 0.5) is 0 Å². The standard InChI is InChI=1S/C16H30N2O3/c1-12(2)18(13(3)4)15(19)11-17-10-6-5-7-14(17)8-9-16(20)21/h12-14H,5-11H2,1-4H3,(H,20,21). The van der Waals surface area contributed by atoms with Gasteiger partial charge in [-0.05, 0) is 53.5 Å². The highest BCUT2D eigenvalue weighted by molar-refractivity contribution is 5.79. The van der Waals surface area contributed by atoms with Crippen LogP contribution in [0.5, 0.6) is 0 Å². The molecule has 1 N–H and O–H groups in total. The summed E-state index contributed by atoms with van der Waals surface area (Å²) in [5.74, 6) is -0.597. The number of carboxylic acids is 1. The Morgan fingerprint density at radius 1 is 1.19 bits per heavy atom. The molecule has 1 heterocycles. The van der Waals surface area contributed by atoms with Crippen molar-refractivity contribution < 1.29 is 14.7 Å². The SMILES string of the molecule is CC(C)N(C(=O)CN1CCCCC1CCC(=O)O)C(C)C. The molecule has 0 radical (unpaired) electrons. The molecule has 0 aliphatic carbocycles. The van der Waals surface area contributed by atoms with E-state index in [1.807, 2.05) is 32.6 Å². The second kappa shape index (κ2) is 8.37. The van der Waals surface area contributed by atoms with E-state index in [0.717, 1.165) is 25.8 Å². The molecule has 0 bridgehead atoms. The van der Waals surface area contributed by atoms with Crippen molar-refractivity contribution in [1.82, 2.24) is 9.80 Å². The van der Waals surface area contributed by atoms with Crippen molar-refractivity contribution in [1.29, 1.82) is 0 Å². The van der Waals surface area contributed by atoms with Crippen LogP contribution in [0.25, 0.3) is 0 Å². The van der Waals surface area contributed by atoms with Crippen LogP contribution in [0.3, 0.4) is 0 Å². The minimum atomic E-state index is -0.752. The third kappa shape index (κ3) is 5.65. The Hall–Kier alpha value is -1.10. The van der Waals surface area contributed by atoms with Crippen molar-refractivity contribution in [3.63, 3.8) is 0 Å². The third-order valence-corrected chi connectivity index (χ3v) is 4.18. The normalized spacial score (nSPS) is 20.0. The van der Waals surface area contributed by atoms with Crippen molar-refractivity contribution in [3.8, 4) is 0 Å². The van der Waals surface area contributed by atoms with Crippen LogP contribution in [-0.2, 0) is 9.59 Å². The highest BCUT2D eigenvalue weighted by Crippen LogP contribution is 2.21. The lowest BCUT2D eigenvalue weighted by Crippen LogP contribution is -2.50. The van der Waals surface area contributed by atoms with E-state index in [1.54, 1.807) is 0 Å². The van der Waals surface area contributed by atoms with E-state index in [1.165, 1.54) is 0 Å². The summed E-state index contributed by atoms with van der Waals surface area (Å²) in [6.07, 6.45) is 4.07. The molecule has 5 nitrogen and oxygen atoms in total. The summed E-state index contributed by atoms with van der Waals surface area (Å²) < 4.78 is 0. The Morgan fingerprint density at radius 3 is 2.33 bits per heavy atom. The van der Waals surface area contributed by atoms with Crippen molar-refractivity contribution in [2.75, 3.05) is 13.1 Å². The molecular weight excluding hydrogens is 268 g/mol. The second-order valence-electron chi connectivity index (χ2n) is 6.54. The Labute approximate surface area is 128 Å². The molecule has 1 fully saturated rings. The number of likely N-dealkylation sites (tertiary alicyclic amines) is 1. The predicted molar refractivity (Wildman–Crippen MR) is 83.2 cm³/mol. The molecule has 0 aromatic rings. The van der Waals surface area contributed by atoms with Gasteiger partial charge in [0.05, 0.1) is 6.54 Å². The second-order valence-corrected chi connectivity index (χ2v) is 6.54. The van der Waals surface area contributed by atoms with E-state index in [2.05, 4.69) is 4.90 Å². The Kier molecular flexibility index (Phi) is 7.15. The highest BCUT2D eigenvalue weighted by Gasteiger charge is 2.28. The summed E-state index contributed by atoms with van der Waals surface area (Å²) in [7, 11) is 0. The maximum Gasteiger partial charge on any atom is 0.303 e. The first-order valence-corrected chi connectivity index (χ1v) is 8.10. The van der Waals surface area contributed by atoms with E-state index in [9.17, 15) is 9.59 Å². The number of rotatable bonds is 7. The fourth-order valence-corrected chi connectivity index (χ4v) is 3.31. The van der Waals surface area contributed by atoms with Crippen LogP contribution >= 0.6 is 0 Å². The van der Waals surface area contributed by atoms with Crippen LogP contribution in [-0.4, -0.2) is 58.0 Å². The molecule has 1 unspecified atom stereocenters. The molecule has 0 spiro atoms. The first-order chi connectivity index (χ1) is 9.82. The summed E-state index contributed by atoms with van der Waals surface area (Å²) in [6.45, 7) is 9.47. The number of carboxylic acid groups (broad SMARTS) is 1. The molecule has 1 saturated heterocycles. The molecule has 1 atom stereocenters. The van der Waals surface area contributed by atoms with Gasteiger partial charge in [-0.2, -0.15) is 0 Å². The predicted octanol–water partition coefficient (Wildman–Crippen LogP) is 2.35. The molecule has 122 valence electrons. The molecular formula is C16H30N2O3. The van der Waals surface area contributed by atoms with E-state index in [4.69, 9.17) is 5.11 Å². The number of carbonyl (C=O) groups excluding carboxylic acids is 1. The zero-order chi connectivity index (χ0) is 16.0. The number of hydrogen-bond acceptors (Lipinski definition) is 3. The summed E-state index contributed by atoms with van der Waals surface area (Å²) >= 11 is 0. The molecule has 0 aromatic heterocycles. The number of amides is 1. The average molecular weight is 298 g/mol. The number of carbonyl (C=O) groups is 2. The Balaban J connectivity index is 2.63. The van der Waals surface area contributed by atoms with Gasteiger partial charge in [0, 0.05) is 24.5 Å². The number of nitrogens with zero attached hydrogens (tertiary/aromatic N) is 2. The topological polar surface area (TPSA) is 60.9 Å². The molecule has 0 aromatic carbocycles. The lowest BCUT2D eigenvalue weighted by atomic mass is 9.98. The van der Waals surface area contributed by atoms with Crippen molar-refractivity contribution >= 4 is 11.9 Å². The largest absolute Gasteiger partial charge is 0.481 e. The minimum absolute atomic E-state index is 0.155. The van der Waals surface area contributed by atoms with Gasteiger partial charge in [0.1, 0.15) is 0 Å². The number of piperidine rings is 1. The zero-order valence-electron chi connectivity index (χ0n) is 13.8. The molecule has 1 aliphatic rings. The van der Waals surface area contributed by atoms with Gasteiger partial charge >= 0.3 is 5.97 Å². The molecule has 1 rings (SSSR count). The van der Waals surface area contributed by atoms with E-state index >= 15 is 0 Å². The molecule has 1 amide bonds. The van der Waals surface area contributed by atoms with Crippen molar-refractivity contribution in [3.05, 3.63) is 0 Å². The van der Waals surface area contributed by atoms with Crippen molar-refractivity contribution in [2.24, 2.45) is 0 Å². The lowest BCUT2D eigenvalue weighted by Gasteiger charge is -2.38. The van der Waals surface area contributed by atoms with Crippen molar-refractivity contribution in [2.45, 2.75) is 77.9 Å². The van der Waals surface area contributed by atoms with Gasteiger partial charge in [-0.25, -0.2) is 0 Å². The fourth-order valence-electron chi connectivity index (χ4n) is 3.31. The molecule has 1 aliphatic heterocycles. The van der Waals surface area contributed by atoms with Gasteiger partial charge in [0.25, 0.3) is 0 Å². The van der Waals surface area contributed by atoms with E-state index in [-0.39, 0.29) is 30.5 Å². The number of hydrogen-bond donors (Lipinski definition) is 1. The van der Waals surface area contributed by atoms with Gasteiger partial charge in [0.15, 0.2) is 0 Å². The monoisotopic (exact) mass is 298 g/mol. The van der Waals surface area contributed by atoms with Crippen LogP contribution < -0.4 is 0 Å². The maximum absolute atomic E-state index is 12.5. The van der Waals surface area contributed by atoms with Crippen LogP contribution in [0.2, 0.25) is 0 Å². The quantitative estimate of drug-likeness (QED) is 0.784. The number of aliphatic carboxylic acids is 1. The maximum atomic E-state index is 12.5. The van der Waals surface area contributed by atoms with Gasteiger partial charge in [-0.15, -0.1) is 0 Å². The lowest BCUT2D eigenvalue weighted by molar-refractivity contribution is -0.137. The van der Waals surface area contributed by atoms with Gasteiger partial charge in [-0.1, -0.05) is 6.42 Å². The first-order valence-electron chi connectivity index (χ1n) is 8.10. The average Bonchev–Trinajstić information content (AvgIpc) is 2.36. The minimum Gasteiger partial charge on any atom is -0.481 e. The van der Waals surface area contributed by atoms with Gasteiger partial charge in [-0.3, -0.25) is 14.5 Å². The van der Waals surface area contributed by atoms with Gasteiger partial charge in [0.2, 0.25) is 5.91 Å². The highest BCUT2D eigenvalue weighted by atomic mass is 16.4. The first kappa shape index (κ1) is 18.0. The third-order valence-electron chi connectivity index (χ3n) is 4.18. The zero-order valence-corrected chi connectivity index (χ0v) is 13.8. The Morgan fingerprint density at radius 2 is 1.81 bits per heavy atom. The van der Waals surface area contributed by atoms with E-state index in [0.29, 0.717) is 13.0 Å². The van der Waals surface area contributed by atoms with Gasteiger partial charge < -0.3 is 10.0 Å². The summed E-state index contributed by atoms with van der Waals surface area (Å²) in [5, 5.41) is 8.85.